The average Bonchev–Trinajstić information content (AvgIpc) is 2.13. The average molecular weight is 254 g/mol. The number of allylic oxidation sites excluding steroid dienone is 2. The Bertz CT molecular complexity index is 271. The summed E-state index contributed by atoms with van der Waals surface area (Å²) >= 11 is 0. The van der Waals surface area contributed by atoms with Crippen LogP contribution in [0.2, 0.25) is 18.1 Å². The first-order valence-corrected chi connectivity index (χ1v) is 9.43. The molecule has 0 aliphatic rings. The first-order valence-electron chi connectivity index (χ1n) is 6.52. The first-order chi connectivity index (χ1) is 7.60. The van der Waals surface area contributed by atoms with E-state index in [1.807, 2.05) is 6.08 Å². The predicted molar refractivity (Wildman–Crippen MR) is 80.9 cm³/mol. The van der Waals surface area contributed by atoms with Gasteiger partial charge in [-0.1, -0.05) is 45.4 Å². The van der Waals surface area contributed by atoms with Gasteiger partial charge >= 0.3 is 0 Å². The summed E-state index contributed by atoms with van der Waals surface area (Å²) in [5, 5.41) is 0.298. The van der Waals surface area contributed by atoms with Crippen LogP contribution in [0, 0.1) is 5.92 Å². The molecule has 0 aromatic carbocycles. The van der Waals surface area contributed by atoms with Crippen molar-refractivity contribution in [1.29, 1.82) is 0 Å². The SMILES string of the molecule is C=CC/C(C)=C/[C@H](C)CO[Si](C)(C)C(C)(C)C. The fourth-order valence-electron chi connectivity index (χ4n) is 1.39. The van der Waals surface area contributed by atoms with E-state index in [2.05, 4.69) is 60.4 Å². The maximum Gasteiger partial charge on any atom is 0.192 e. The summed E-state index contributed by atoms with van der Waals surface area (Å²) in [4.78, 5) is 0. The molecule has 17 heavy (non-hydrogen) atoms. The molecule has 0 bridgehead atoms. The van der Waals surface area contributed by atoms with Crippen LogP contribution in [0.4, 0.5) is 0 Å². The van der Waals surface area contributed by atoms with Crippen LogP contribution in [0.15, 0.2) is 24.3 Å². The molecule has 0 unspecified atom stereocenters. The summed E-state index contributed by atoms with van der Waals surface area (Å²) < 4.78 is 6.20. The Morgan fingerprint density at radius 2 is 1.88 bits per heavy atom. The quantitative estimate of drug-likeness (QED) is 0.469. The van der Waals surface area contributed by atoms with Gasteiger partial charge in [-0.3, -0.25) is 0 Å². The number of hydrogen-bond donors (Lipinski definition) is 0. The van der Waals surface area contributed by atoms with E-state index in [1.54, 1.807) is 0 Å². The third-order valence-electron chi connectivity index (χ3n) is 3.55. The van der Waals surface area contributed by atoms with Gasteiger partial charge in [-0.2, -0.15) is 0 Å². The van der Waals surface area contributed by atoms with Crippen LogP contribution in [0.25, 0.3) is 0 Å². The van der Waals surface area contributed by atoms with Crippen LogP contribution in [0.5, 0.6) is 0 Å². The molecule has 0 saturated heterocycles. The van der Waals surface area contributed by atoms with Gasteiger partial charge in [0.25, 0.3) is 0 Å². The third-order valence-corrected chi connectivity index (χ3v) is 8.05. The Morgan fingerprint density at radius 3 is 2.29 bits per heavy atom. The molecule has 0 aliphatic carbocycles. The molecule has 0 heterocycles. The molecule has 1 atom stereocenters. The molecule has 0 rings (SSSR count). The fourth-order valence-corrected chi connectivity index (χ4v) is 2.50. The molecule has 0 spiro atoms. The molecule has 0 fully saturated rings. The summed E-state index contributed by atoms with van der Waals surface area (Å²) in [7, 11) is -1.59. The van der Waals surface area contributed by atoms with Gasteiger partial charge in [0.15, 0.2) is 8.32 Å². The standard InChI is InChI=1S/C15H30OSi/c1-9-10-13(2)11-14(3)12-16-17(7,8)15(4,5)6/h9,11,14H,1,10,12H2,2-8H3/b13-11+/t14-/m0/s1. The minimum atomic E-state index is -1.59. The van der Waals surface area contributed by atoms with E-state index in [1.165, 1.54) is 5.57 Å². The largest absolute Gasteiger partial charge is 0.416 e. The Balaban J connectivity index is 4.30. The Morgan fingerprint density at radius 1 is 1.35 bits per heavy atom. The van der Waals surface area contributed by atoms with E-state index in [9.17, 15) is 0 Å². The van der Waals surface area contributed by atoms with Gasteiger partial charge < -0.3 is 4.43 Å². The molecule has 0 aromatic heterocycles. The molecule has 100 valence electrons. The second-order valence-electron chi connectivity index (χ2n) is 6.55. The zero-order chi connectivity index (χ0) is 13.7. The van der Waals surface area contributed by atoms with E-state index >= 15 is 0 Å². The minimum absolute atomic E-state index is 0.298. The predicted octanol–water partition coefficient (Wildman–Crippen LogP) is 5.17. The van der Waals surface area contributed by atoms with Crippen molar-refractivity contribution in [3.63, 3.8) is 0 Å². The highest BCUT2D eigenvalue weighted by molar-refractivity contribution is 6.74. The number of rotatable bonds is 6. The van der Waals surface area contributed by atoms with Crippen molar-refractivity contribution in [3.8, 4) is 0 Å². The third kappa shape index (κ3) is 6.23. The Labute approximate surface area is 109 Å². The molecular formula is C15H30OSi. The molecule has 0 saturated carbocycles. The van der Waals surface area contributed by atoms with Crippen LogP contribution in [0.3, 0.4) is 0 Å². The van der Waals surface area contributed by atoms with Gasteiger partial charge in [-0.15, -0.1) is 6.58 Å². The van der Waals surface area contributed by atoms with Crippen LogP contribution in [0.1, 0.15) is 41.0 Å². The summed E-state index contributed by atoms with van der Waals surface area (Å²) in [5.41, 5.74) is 1.38. The van der Waals surface area contributed by atoms with Crippen molar-refractivity contribution in [2.45, 2.75) is 59.2 Å². The summed E-state index contributed by atoms with van der Waals surface area (Å²) in [6.07, 6.45) is 5.23. The van der Waals surface area contributed by atoms with Crippen molar-refractivity contribution >= 4 is 8.32 Å². The van der Waals surface area contributed by atoms with Gasteiger partial charge in [0.2, 0.25) is 0 Å². The molecule has 0 aliphatic heterocycles. The van der Waals surface area contributed by atoms with E-state index in [0.717, 1.165) is 13.0 Å². The molecule has 1 nitrogen and oxygen atoms in total. The highest BCUT2D eigenvalue weighted by atomic mass is 28.4. The number of hydrogen-bond acceptors (Lipinski definition) is 1. The van der Waals surface area contributed by atoms with Crippen molar-refractivity contribution in [3.05, 3.63) is 24.3 Å². The summed E-state index contributed by atoms with van der Waals surface area (Å²) in [6.45, 7) is 20.4. The molecule has 0 N–H and O–H groups in total. The van der Waals surface area contributed by atoms with E-state index in [0.29, 0.717) is 11.0 Å². The second kappa shape index (κ2) is 6.55. The highest BCUT2D eigenvalue weighted by Crippen LogP contribution is 2.36. The van der Waals surface area contributed by atoms with Crippen molar-refractivity contribution in [2.24, 2.45) is 5.92 Å². The van der Waals surface area contributed by atoms with Gasteiger partial charge in [-0.25, -0.2) is 0 Å². The molecule has 0 radical (unpaired) electrons. The lowest BCUT2D eigenvalue weighted by molar-refractivity contribution is 0.259. The first kappa shape index (κ1) is 16.7. The van der Waals surface area contributed by atoms with Crippen LogP contribution in [-0.2, 0) is 4.43 Å². The van der Waals surface area contributed by atoms with Crippen LogP contribution >= 0.6 is 0 Å². The van der Waals surface area contributed by atoms with Crippen LogP contribution in [-0.4, -0.2) is 14.9 Å². The van der Waals surface area contributed by atoms with Gasteiger partial charge in [-0.05, 0) is 37.4 Å². The smallest absolute Gasteiger partial charge is 0.192 e. The van der Waals surface area contributed by atoms with Crippen molar-refractivity contribution in [2.75, 3.05) is 6.61 Å². The van der Waals surface area contributed by atoms with E-state index in [4.69, 9.17) is 4.43 Å². The Hall–Kier alpha value is -0.343. The molecule has 2 heteroatoms. The maximum atomic E-state index is 6.20. The Kier molecular flexibility index (Phi) is 6.42. The fraction of sp³-hybridized carbons (Fsp3) is 0.733. The van der Waals surface area contributed by atoms with Crippen molar-refractivity contribution in [1.82, 2.24) is 0 Å². The van der Waals surface area contributed by atoms with Gasteiger partial charge in [0, 0.05) is 6.61 Å². The zero-order valence-corrected chi connectivity index (χ0v) is 13.8. The van der Waals surface area contributed by atoms with Gasteiger partial charge in [0.1, 0.15) is 0 Å². The second-order valence-corrected chi connectivity index (χ2v) is 11.4. The normalized spacial score (nSPS) is 15.8. The van der Waals surface area contributed by atoms with Crippen LogP contribution < -0.4 is 0 Å². The monoisotopic (exact) mass is 254 g/mol. The molecule has 0 amide bonds. The van der Waals surface area contributed by atoms with E-state index in [-0.39, 0.29) is 0 Å². The lowest BCUT2D eigenvalue weighted by atomic mass is 10.1. The lowest BCUT2D eigenvalue weighted by Gasteiger charge is -2.36. The molecular weight excluding hydrogens is 224 g/mol. The topological polar surface area (TPSA) is 9.23 Å². The van der Waals surface area contributed by atoms with Gasteiger partial charge in [0.05, 0.1) is 0 Å². The van der Waals surface area contributed by atoms with Crippen molar-refractivity contribution < 1.29 is 4.43 Å². The zero-order valence-electron chi connectivity index (χ0n) is 12.8. The summed E-state index contributed by atoms with van der Waals surface area (Å²) in [6, 6.07) is 0. The molecule has 0 aromatic rings. The maximum absolute atomic E-state index is 6.20. The highest BCUT2D eigenvalue weighted by Gasteiger charge is 2.37. The van der Waals surface area contributed by atoms with E-state index < -0.39 is 8.32 Å². The lowest BCUT2D eigenvalue weighted by Crippen LogP contribution is -2.41. The summed E-state index contributed by atoms with van der Waals surface area (Å²) in [5.74, 6) is 0.490. The minimum Gasteiger partial charge on any atom is -0.416 e.